The van der Waals surface area contributed by atoms with Crippen molar-refractivity contribution in [3.8, 4) is 0 Å². The Hall–Kier alpha value is -1.88. The molecule has 27 heavy (non-hydrogen) atoms. The van der Waals surface area contributed by atoms with Crippen molar-refractivity contribution < 1.29 is 14.7 Å². The fourth-order valence-electron chi connectivity index (χ4n) is 4.31. The summed E-state index contributed by atoms with van der Waals surface area (Å²) >= 11 is 0. The van der Waals surface area contributed by atoms with Gasteiger partial charge in [0.2, 0.25) is 11.8 Å². The highest BCUT2D eigenvalue weighted by molar-refractivity contribution is 5.84. The average molecular weight is 373 g/mol. The number of rotatable bonds is 3. The van der Waals surface area contributed by atoms with Gasteiger partial charge >= 0.3 is 0 Å². The lowest BCUT2D eigenvalue weighted by atomic mass is 9.79. The number of likely N-dealkylation sites (tertiary alicyclic amines) is 1. The van der Waals surface area contributed by atoms with E-state index in [2.05, 4.69) is 11.4 Å². The molecule has 2 atom stereocenters. The molecule has 0 spiro atoms. The summed E-state index contributed by atoms with van der Waals surface area (Å²) in [6.45, 7) is 7.15. The predicted octanol–water partition coefficient (Wildman–Crippen LogP) is 2.61. The van der Waals surface area contributed by atoms with E-state index in [-0.39, 0.29) is 24.3 Å². The number of hydrogen-bond acceptors (Lipinski definition) is 3. The second kappa shape index (κ2) is 7.63. The van der Waals surface area contributed by atoms with Crippen LogP contribution in [0.25, 0.3) is 0 Å². The van der Waals surface area contributed by atoms with Gasteiger partial charge < -0.3 is 15.3 Å². The first-order valence-corrected chi connectivity index (χ1v) is 10.1. The van der Waals surface area contributed by atoms with Crippen molar-refractivity contribution >= 4 is 11.8 Å². The third kappa shape index (κ3) is 4.34. The maximum absolute atomic E-state index is 12.8. The number of piperidine rings is 1. The lowest BCUT2D eigenvalue weighted by Crippen LogP contribution is -2.50. The molecule has 2 N–H and O–H groups in total. The Morgan fingerprint density at radius 2 is 2.00 bits per heavy atom. The summed E-state index contributed by atoms with van der Waals surface area (Å²) in [5, 5.41) is 14.1. The lowest BCUT2D eigenvalue weighted by Gasteiger charge is -2.37. The van der Waals surface area contributed by atoms with Crippen molar-refractivity contribution in [2.24, 2.45) is 11.3 Å². The van der Waals surface area contributed by atoms with Crippen molar-refractivity contribution in [1.29, 1.82) is 0 Å². The zero-order valence-electron chi connectivity index (χ0n) is 16.8. The Labute approximate surface area is 162 Å². The Bertz CT molecular complexity index is 710. The molecule has 0 saturated carbocycles. The van der Waals surface area contributed by atoms with E-state index in [9.17, 15) is 14.7 Å². The zero-order valence-corrected chi connectivity index (χ0v) is 16.8. The van der Waals surface area contributed by atoms with Gasteiger partial charge in [0.25, 0.3) is 0 Å². The first-order chi connectivity index (χ1) is 12.7. The monoisotopic (exact) mass is 372 g/mol. The molecule has 0 aromatic heterocycles. The molecule has 5 nitrogen and oxygen atoms in total. The first-order valence-electron chi connectivity index (χ1n) is 10.1. The highest BCUT2D eigenvalue weighted by Crippen LogP contribution is 2.34. The molecule has 1 saturated heterocycles. The molecule has 1 aromatic rings. The minimum absolute atomic E-state index is 0.0575. The van der Waals surface area contributed by atoms with Crippen LogP contribution in [-0.4, -0.2) is 41.5 Å². The van der Waals surface area contributed by atoms with Crippen LogP contribution in [-0.2, 0) is 21.6 Å². The number of benzene rings is 1. The van der Waals surface area contributed by atoms with Crippen LogP contribution in [0.15, 0.2) is 24.3 Å². The fourth-order valence-corrected chi connectivity index (χ4v) is 4.31. The van der Waals surface area contributed by atoms with Gasteiger partial charge in [0.1, 0.15) is 5.60 Å². The molecule has 1 heterocycles. The van der Waals surface area contributed by atoms with Crippen molar-refractivity contribution in [1.82, 2.24) is 10.2 Å². The maximum atomic E-state index is 12.8. The second-order valence-corrected chi connectivity index (χ2v) is 9.10. The molecule has 0 bridgehead atoms. The SMILES string of the molecule is CC(C)(C)C(=O)N1CCC[C@H](C(=O)NC[C@@]2(O)CCCc3ccccc32)C1. The second-order valence-electron chi connectivity index (χ2n) is 9.10. The standard InChI is InChI=1S/C22H32N2O3/c1-21(2,3)20(26)24-13-7-10-17(14-24)19(25)23-15-22(27)12-6-9-16-8-4-5-11-18(16)22/h4-5,8,11,17,27H,6-7,9-10,12-15H2,1-3H3,(H,23,25)/t17-,22-/m0/s1. The van der Waals surface area contributed by atoms with Crippen LogP contribution >= 0.6 is 0 Å². The third-order valence-corrected chi connectivity index (χ3v) is 5.83. The molecule has 0 unspecified atom stereocenters. The number of carbonyl (C=O) groups excluding carboxylic acids is 2. The Balaban J connectivity index is 1.62. The van der Waals surface area contributed by atoms with E-state index < -0.39 is 11.0 Å². The van der Waals surface area contributed by atoms with Crippen LogP contribution in [0.4, 0.5) is 0 Å². The van der Waals surface area contributed by atoms with Crippen LogP contribution < -0.4 is 5.32 Å². The van der Waals surface area contributed by atoms with Crippen molar-refractivity contribution in [2.45, 2.75) is 58.5 Å². The highest BCUT2D eigenvalue weighted by atomic mass is 16.3. The van der Waals surface area contributed by atoms with Crippen LogP contribution in [0, 0.1) is 11.3 Å². The van der Waals surface area contributed by atoms with Crippen molar-refractivity contribution in [3.63, 3.8) is 0 Å². The summed E-state index contributed by atoms with van der Waals surface area (Å²) in [5.41, 5.74) is 0.671. The van der Waals surface area contributed by atoms with Gasteiger partial charge in [-0.25, -0.2) is 0 Å². The number of aliphatic hydroxyl groups is 1. The molecule has 0 radical (unpaired) electrons. The van der Waals surface area contributed by atoms with Crippen LogP contribution in [0.1, 0.15) is 57.6 Å². The summed E-state index contributed by atoms with van der Waals surface area (Å²) in [6.07, 6.45) is 4.17. The van der Waals surface area contributed by atoms with Gasteiger partial charge in [0.15, 0.2) is 0 Å². The molecule has 1 aromatic carbocycles. The highest BCUT2D eigenvalue weighted by Gasteiger charge is 2.37. The summed E-state index contributed by atoms with van der Waals surface area (Å²) in [7, 11) is 0. The van der Waals surface area contributed by atoms with E-state index in [4.69, 9.17) is 0 Å². The van der Waals surface area contributed by atoms with Crippen LogP contribution in [0.3, 0.4) is 0 Å². The predicted molar refractivity (Wildman–Crippen MR) is 105 cm³/mol. The summed E-state index contributed by atoms with van der Waals surface area (Å²) in [4.78, 5) is 27.1. The van der Waals surface area contributed by atoms with Crippen LogP contribution in [0.5, 0.6) is 0 Å². The molecule has 1 fully saturated rings. The third-order valence-electron chi connectivity index (χ3n) is 5.83. The smallest absolute Gasteiger partial charge is 0.227 e. The molecular formula is C22H32N2O3. The van der Waals surface area contributed by atoms with Crippen molar-refractivity contribution in [2.75, 3.05) is 19.6 Å². The summed E-state index contributed by atoms with van der Waals surface area (Å²) in [5.74, 6) is -0.162. The quantitative estimate of drug-likeness (QED) is 0.857. The van der Waals surface area contributed by atoms with Gasteiger partial charge in [-0.15, -0.1) is 0 Å². The molecule has 1 aliphatic heterocycles. The van der Waals surface area contributed by atoms with Gasteiger partial charge in [0, 0.05) is 18.5 Å². The molecule has 2 aliphatic rings. The lowest BCUT2D eigenvalue weighted by molar-refractivity contribution is -0.143. The minimum Gasteiger partial charge on any atom is -0.383 e. The maximum Gasteiger partial charge on any atom is 0.227 e. The van der Waals surface area contributed by atoms with E-state index in [0.717, 1.165) is 37.8 Å². The molecule has 2 amide bonds. The average Bonchev–Trinajstić information content (AvgIpc) is 2.65. The Morgan fingerprint density at radius 1 is 1.26 bits per heavy atom. The molecule has 5 heteroatoms. The van der Waals surface area contributed by atoms with E-state index >= 15 is 0 Å². The summed E-state index contributed by atoms with van der Waals surface area (Å²) in [6, 6.07) is 7.95. The Kier molecular flexibility index (Phi) is 5.61. The van der Waals surface area contributed by atoms with Crippen molar-refractivity contribution in [3.05, 3.63) is 35.4 Å². The van der Waals surface area contributed by atoms with Crippen LogP contribution in [0.2, 0.25) is 0 Å². The molecule has 148 valence electrons. The molecule has 3 rings (SSSR count). The number of nitrogens with one attached hydrogen (secondary N) is 1. The van der Waals surface area contributed by atoms with E-state index in [1.54, 1.807) is 0 Å². The fraction of sp³-hybridized carbons (Fsp3) is 0.636. The van der Waals surface area contributed by atoms with E-state index in [1.807, 2.05) is 43.9 Å². The summed E-state index contributed by atoms with van der Waals surface area (Å²) < 4.78 is 0. The van der Waals surface area contributed by atoms with Gasteiger partial charge in [0.05, 0.1) is 12.5 Å². The molecular weight excluding hydrogens is 340 g/mol. The minimum atomic E-state index is -1.000. The van der Waals surface area contributed by atoms with E-state index in [0.29, 0.717) is 13.0 Å². The Morgan fingerprint density at radius 3 is 2.74 bits per heavy atom. The number of amides is 2. The van der Waals surface area contributed by atoms with Gasteiger partial charge in [-0.3, -0.25) is 9.59 Å². The molecule has 1 aliphatic carbocycles. The van der Waals surface area contributed by atoms with E-state index in [1.165, 1.54) is 5.56 Å². The first kappa shape index (κ1) is 19.9. The normalized spacial score (nSPS) is 25.6. The number of nitrogens with zero attached hydrogens (tertiary/aromatic N) is 1. The topological polar surface area (TPSA) is 69.6 Å². The van der Waals surface area contributed by atoms with Gasteiger partial charge in [-0.05, 0) is 43.2 Å². The number of carbonyl (C=O) groups is 2. The number of fused-ring (bicyclic) bond motifs is 1. The largest absolute Gasteiger partial charge is 0.383 e. The number of hydrogen-bond donors (Lipinski definition) is 2. The van der Waals surface area contributed by atoms with Gasteiger partial charge in [-0.1, -0.05) is 45.0 Å². The zero-order chi connectivity index (χ0) is 19.7. The van der Waals surface area contributed by atoms with Gasteiger partial charge in [-0.2, -0.15) is 0 Å². The number of aryl methyl sites for hydroxylation is 1.